The van der Waals surface area contributed by atoms with Crippen molar-refractivity contribution in [2.45, 2.75) is 26.3 Å². The second-order valence-electron chi connectivity index (χ2n) is 6.52. The van der Waals surface area contributed by atoms with E-state index in [9.17, 15) is 4.79 Å². The average molecular weight is 340 g/mol. The molecule has 0 aliphatic carbocycles. The first-order chi connectivity index (χ1) is 12.1. The van der Waals surface area contributed by atoms with E-state index in [4.69, 9.17) is 0 Å². The zero-order chi connectivity index (χ0) is 17.6. The van der Waals surface area contributed by atoms with Gasteiger partial charge in [0.1, 0.15) is 0 Å². The topological polar surface area (TPSA) is 84.7 Å². The summed E-state index contributed by atoms with van der Waals surface area (Å²) in [5.41, 5.74) is 2.14. The third-order valence-electron chi connectivity index (χ3n) is 4.26. The van der Waals surface area contributed by atoms with Gasteiger partial charge in [0, 0.05) is 18.7 Å². The molecule has 0 saturated carbocycles. The van der Waals surface area contributed by atoms with Crippen LogP contribution >= 0.6 is 0 Å². The molecule has 0 saturated heterocycles. The van der Waals surface area contributed by atoms with Crippen molar-refractivity contribution in [3.8, 4) is 11.4 Å². The quantitative estimate of drug-likeness (QED) is 0.780. The monoisotopic (exact) mass is 340 g/mol. The van der Waals surface area contributed by atoms with Gasteiger partial charge in [0.15, 0.2) is 6.04 Å². The number of hydrogen-bond donors (Lipinski definition) is 2. The van der Waals surface area contributed by atoms with Crippen molar-refractivity contribution < 1.29 is 4.79 Å². The lowest BCUT2D eigenvalue weighted by molar-refractivity contribution is -0.126. The van der Waals surface area contributed by atoms with E-state index in [1.54, 1.807) is 0 Å². The number of nitrogens with one attached hydrogen (secondary N) is 2. The first kappa shape index (κ1) is 17.3. The van der Waals surface area contributed by atoms with Crippen molar-refractivity contribution in [3.63, 3.8) is 0 Å². The third kappa shape index (κ3) is 4.30. The molecule has 0 spiro atoms. The minimum absolute atomic E-state index is 0.0554. The number of carbonyl (C=O) groups excluding carboxylic acids is 1. The Hall–Kier alpha value is -2.54. The molecule has 132 valence electrons. The van der Waals surface area contributed by atoms with E-state index in [0.29, 0.717) is 12.4 Å². The Balaban J connectivity index is 1.71. The van der Waals surface area contributed by atoms with Crippen LogP contribution in [0.5, 0.6) is 0 Å². The molecule has 1 atom stereocenters. The first-order valence-electron chi connectivity index (χ1n) is 8.66. The summed E-state index contributed by atoms with van der Waals surface area (Å²) in [6, 6.07) is 9.16. The molecule has 1 amide bonds. The number of benzene rings is 1. The zero-order valence-corrected chi connectivity index (χ0v) is 14.6. The molecule has 2 heterocycles. The lowest BCUT2D eigenvalue weighted by Gasteiger charge is -2.20. The van der Waals surface area contributed by atoms with Crippen molar-refractivity contribution in [1.29, 1.82) is 0 Å². The van der Waals surface area contributed by atoms with Crippen molar-refractivity contribution in [1.82, 2.24) is 30.8 Å². The molecule has 7 heteroatoms. The zero-order valence-electron chi connectivity index (χ0n) is 14.6. The van der Waals surface area contributed by atoms with Crippen LogP contribution in [0.25, 0.3) is 11.4 Å². The smallest absolute Gasteiger partial charge is 0.247 e. The summed E-state index contributed by atoms with van der Waals surface area (Å²) in [6.45, 7) is 6.37. The highest BCUT2D eigenvalue weighted by Crippen LogP contribution is 2.19. The molecule has 25 heavy (non-hydrogen) atoms. The van der Waals surface area contributed by atoms with Gasteiger partial charge in [-0.1, -0.05) is 55.8 Å². The maximum Gasteiger partial charge on any atom is 0.247 e. The Morgan fingerprint density at radius 3 is 2.80 bits per heavy atom. The molecule has 7 nitrogen and oxygen atoms in total. The molecular weight excluding hydrogens is 316 g/mol. The van der Waals surface area contributed by atoms with Crippen LogP contribution in [-0.4, -0.2) is 45.7 Å². The predicted molar refractivity (Wildman–Crippen MR) is 95.7 cm³/mol. The average Bonchev–Trinajstić information content (AvgIpc) is 3.11. The van der Waals surface area contributed by atoms with Gasteiger partial charge in [-0.05, 0) is 24.1 Å². The van der Waals surface area contributed by atoms with Crippen LogP contribution < -0.4 is 10.6 Å². The Labute approximate surface area is 147 Å². The molecule has 1 unspecified atom stereocenters. The Kier molecular flexibility index (Phi) is 5.55. The SMILES string of the molecule is CC(C)C(C(=O)NCC1=CCNCC1)n1nnc(-c2ccccc2)n1. The van der Waals surface area contributed by atoms with E-state index in [1.807, 2.05) is 44.2 Å². The summed E-state index contributed by atoms with van der Waals surface area (Å²) in [7, 11) is 0. The summed E-state index contributed by atoms with van der Waals surface area (Å²) in [5, 5.41) is 18.9. The molecule has 2 aromatic rings. The minimum Gasteiger partial charge on any atom is -0.350 e. The first-order valence-corrected chi connectivity index (χ1v) is 8.66. The van der Waals surface area contributed by atoms with E-state index in [2.05, 4.69) is 32.1 Å². The van der Waals surface area contributed by atoms with Crippen molar-refractivity contribution in [2.75, 3.05) is 19.6 Å². The van der Waals surface area contributed by atoms with E-state index < -0.39 is 6.04 Å². The third-order valence-corrected chi connectivity index (χ3v) is 4.26. The lowest BCUT2D eigenvalue weighted by atomic mass is 10.0. The second kappa shape index (κ2) is 8.02. The summed E-state index contributed by atoms with van der Waals surface area (Å²) in [6.07, 6.45) is 3.10. The van der Waals surface area contributed by atoms with Crippen LogP contribution in [0.2, 0.25) is 0 Å². The maximum atomic E-state index is 12.7. The highest BCUT2D eigenvalue weighted by molar-refractivity contribution is 5.80. The van der Waals surface area contributed by atoms with E-state index in [0.717, 1.165) is 25.1 Å². The number of rotatable bonds is 6. The standard InChI is InChI=1S/C18H24N6O/c1-13(2)16(18(25)20-12-14-8-10-19-11-9-14)24-22-17(21-23-24)15-6-4-3-5-7-15/h3-8,13,16,19H,9-12H2,1-2H3,(H,20,25). The number of nitrogens with zero attached hydrogens (tertiary/aromatic N) is 4. The van der Waals surface area contributed by atoms with Gasteiger partial charge in [-0.25, -0.2) is 0 Å². The Morgan fingerprint density at radius 1 is 1.32 bits per heavy atom. The van der Waals surface area contributed by atoms with Crippen LogP contribution in [0, 0.1) is 5.92 Å². The highest BCUT2D eigenvalue weighted by Gasteiger charge is 2.27. The van der Waals surface area contributed by atoms with Gasteiger partial charge in [-0.15, -0.1) is 10.2 Å². The Bertz CT molecular complexity index is 737. The van der Waals surface area contributed by atoms with Crippen LogP contribution in [-0.2, 0) is 4.79 Å². The van der Waals surface area contributed by atoms with Gasteiger partial charge in [0.2, 0.25) is 11.7 Å². The van der Waals surface area contributed by atoms with Gasteiger partial charge < -0.3 is 10.6 Å². The fourth-order valence-corrected chi connectivity index (χ4v) is 2.86. The lowest BCUT2D eigenvalue weighted by Crippen LogP contribution is -2.38. The molecule has 0 radical (unpaired) electrons. The predicted octanol–water partition coefficient (Wildman–Crippen LogP) is 1.57. The molecule has 2 N–H and O–H groups in total. The largest absolute Gasteiger partial charge is 0.350 e. The molecule has 1 aromatic carbocycles. The van der Waals surface area contributed by atoms with E-state index in [-0.39, 0.29) is 11.8 Å². The summed E-state index contributed by atoms with van der Waals surface area (Å²) in [5.74, 6) is 0.506. The van der Waals surface area contributed by atoms with Gasteiger partial charge in [-0.2, -0.15) is 4.80 Å². The van der Waals surface area contributed by atoms with Gasteiger partial charge in [0.25, 0.3) is 0 Å². The van der Waals surface area contributed by atoms with Crippen LogP contribution in [0.1, 0.15) is 26.3 Å². The minimum atomic E-state index is -0.479. The van der Waals surface area contributed by atoms with Gasteiger partial charge >= 0.3 is 0 Å². The Morgan fingerprint density at radius 2 is 2.12 bits per heavy atom. The normalized spacial score (nSPS) is 15.7. The van der Waals surface area contributed by atoms with E-state index in [1.165, 1.54) is 10.4 Å². The highest BCUT2D eigenvalue weighted by atomic mass is 16.2. The molecule has 0 bridgehead atoms. The summed E-state index contributed by atoms with van der Waals surface area (Å²) < 4.78 is 0. The molecule has 0 fully saturated rings. The second-order valence-corrected chi connectivity index (χ2v) is 6.52. The van der Waals surface area contributed by atoms with Crippen molar-refractivity contribution in [2.24, 2.45) is 5.92 Å². The van der Waals surface area contributed by atoms with Crippen LogP contribution in [0.3, 0.4) is 0 Å². The van der Waals surface area contributed by atoms with Crippen LogP contribution in [0.4, 0.5) is 0 Å². The maximum absolute atomic E-state index is 12.7. The molecular formula is C18H24N6O. The molecule has 3 rings (SSSR count). The number of amides is 1. The molecule has 1 aliphatic rings. The number of carbonyl (C=O) groups is 1. The van der Waals surface area contributed by atoms with Gasteiger partial charge in [-0.3, -0.25) is 4.79 Å². The van der Waals surface area contributed by atoms with Crippen LogP contribution in [0.15, 0.2) is 42.0 Å². The van der Waals surface area contributed by atoms with Crippen molar-refractivity contribution >= 4 is 5.91 Å². The fourth-order valence-electron chi connectivity index (χ4n) is 2.86. The van der Waals surface area contributed by atoms with Crippen molar-refractivity contribution in [3.05, 3.63) is 42.0 Å². The van der Waals surface area contributed by atoms with Gasteiger partial charge in [0.05, 0.1) is 0 Å². The fraction of sp³-hybridized carbons (Fsp3) is 0.444. The number of tetrazole rings is 1. The molecule has 1 aromatic heterocycles. The van der Waals surface area contributed by atoms with E-state index >= 15 is 0 Å². The summed E-state index contributed by atoms with van der Waals surface area (Å²) in [4.78, 5) is 14.1. The number of aromatic nitrogens is 4. The number of hydrogen-bond acceptors (Lipinski definition) is 5. The molecule has 1 aliphatic heterocycles. The summed E-state index contributed by atoms with van der Waals surface area (Å²) >= 11 is 0.